The van der Waals surface area contributed by atoms with E-state index in [1.54, 1.807) is 23.9 Å². The minimum Gasteiger partial charge on any atom is -0.460 e. The predicted molar refractivity (Wildman–Crippen MR) is 101 cm³/mol. The van der Waals surface area contributed by atoms with Gasteiger partial charge in [-0.25, -0.2) is 8.42 Å². The molecule has 0 saturated heterocycles. The molecule has 6 nitrogen and oxygen atoms in total. The molecule has 1 heterocycles. The third kappa shape index (κ3) is 6.08. The fourth-order valence-electron chi connectivity index (χ4n) is 1.95. The molecule has 0 aliphatic heterocycles. The van der Waals surface area contributed by atoms with Gasteiger partial charge in [-0.3, -0.25) is 4.79 Å². The van der Waals surface area contributed by atoms with Crippen LogP contribution in [0.1, 0.15) is 11.5 Å². The van der Waals surface area contributed by atoms with Crippen LogP contribution in [0.15, 0.2) is 51.8 Å². The van der Waals surface area contributed by atoms with Gasteiger partial charge in [0.15, 0.2) is 0 Å². The zero-order chi connectivity index (χ0) is 18.4. The fourth-order valence-corrected chi connectivity index (χ4v) is 2.77. The topological polar surface area (TPSA) is 79.6 Å². The number of nitrogens with zero attached hydrogens (tertiary/aromatic N) is 1. The molecule has 1 amide bonds. The number of hydrogen-bond donors (Lipinski definition) is 1. The second-order valence-electron chi connectivity index (χ2n) is 5.38. The Morgan fingerprint density at radius 1 is 1.32 bits per heavy atom. The van der Waals surface area contributed by atoms with E-state index in [9.17, 15) is 13.2 Å². The monoisotopic (exact) mass is 380 g/mol. The molecule has 2 rings (SSSR count). The van der Waals surface area contributed by atoms with Gasteiger partial charge in [0, 0.05) is 23.7 Å². The van der Waals surface area contributed by atoms with Gasteiger partial charge in [0.05, 0.1) is 12.8 Å². The van der Waals surface area contributed by atoms with Crippen molar-refractivity contribution in [1.29, 1.82) is 0 Å². The lowest BCUT2D eigenvalue weighted by atomic mass is 10.3. The van der Waals surface area contributed by atoms with Crippen molar-refractivity contribution in [2.24, 2.45) is 0 Å². The molecule has 0 aliphatic rings. The summed E-state index contributed by atoms with van der Waals surface area (Å²) in [5.41, 5.74) is 0.719. The quantitative estimate of drug-likeness (QED) is 0.590. The zero-order valence-electron chi connectivity index (χ0n) is 14.2. The molecule has 1 N–H and O–H groups in total. The highest BCUT2D eigenvalue weighted by Crippen LogP contribution is 2.19. The van der Waals surface area contributed by atoms with Gasteiger partial charge in [-0.1, -0.05) is 6.07 Å². The Bertz CT molecular complexity index is 872. The van der Waals surface area contributed by atoms with E-state index in [0.29, 0.717) is 11.5 Å². The Labute approximate surface area is 152 Å². The number of sulfonamides is 1. The molecule has 0 spiro atoms. The van der Waals surface area contributed by atoms with Crippen molar-refractivity contribution in [3.63, 3.8) is 0 Å². The number of carbonyl (C=O) groups excluding carboxylic acids is 1. The molecule has 1 aromatic heterocycles. The van der Waals surface area contributed by atoms with E-state index in [2.05, 4.69) is 5.32 Å². The van der Waals surface area contributed by atoms with E-state index in [1.165, 1.54) is 23.5 Å². The van der Waals surface area contributed by atoms with E-state index in [0.717, 1.165) is 16.8 Å². The number of rotatable bonds is 7. The minimum absolute atomic E-state index is 0.139. The van der Waals surface area contributed by atoms with Gasteiger partial charge in [-0.05, 0) is 42.7 Å². The minimum atomic E-state index is -3.27. The number of thioether (sulfide) groups is 1. The lowest BCUT2D eigenvalue weighted by Crippen LogP contribution is -2.24. The largest absolute Gasteiger partial charge is 0.460 e. The van der Waals surface area contributed by atoms with Crippen LogP contribution in [0.25, 0.3) is 6.08 Å². The van der Waals surface area contributed by atoms with Crippen molar-refractivity contribution in [2.75, 3.05) is 24.9 Å². The standard InChI is InChI=1S/C17H20N2O4S2/c1-19(25(3,21)22)12-15-8-7-14(23-15)9-10-17(20)18-13-5-4-6-16(11-13)24-2/h4-11H,12H2,1-3H3,(H,18,20)/b10-9+. The lowest BCUT2D eigenvalue weighted by Gasteiger charge is -2.11. The third-order valence-corrected chi connectivity index (χ3v) is 5.35. The highest BCUT2D eigenvalue weighted by molar-refractivity contribution is 7.98. The van der Waals surface area contributed by atoms with Gasteiger partial charge in [0.25, 0.3) is 0 Å². The number of hydrogen-bond acceptors (Lipinski definition) is 5. The number of anilines is 1. The summed E-state index contributed by atoms with van der Waals surface area (Å²) in [4.78, 5) is 13.0. The van der Waals surface area contributed by atoms with Gasteiger partial charge in [-0.15, -0.1) is 11.8 Å². The van der Waals surface area contributed by atoms with Crippen LogP contribution in [0.3, 0.4) is 0 Å². The first-order valence-electron chi connectivity index (χ1n) is 7.41. The maximum atomic E-state index is 12.0. The summed E-state index contributed by atoms with van der Waals surface area (Å²) in [6.45, 7) is 0.139. The first-order chi connectivity index (χ1) is 11.8. The van der Waals surface area contributed by atoms with Crippen LogP contribution >= 0.6 is 11.8 Å². The van der Waals surface area contributed by atoms with Crippen molar-refractivity contribution in [3.8, 4) is 0 Å². The molecular formula is C17H20N2O4S2. The molecule has 134 valence electrons. The highest BCUT2D eigenvalue weighted by Gasteiger charge is 2.13. The molecule has 0 bridgehead atoms. The molecule has 0 fully saturated rings. The molecule has 0 aliphatic carbocycles. The Morgan fingerprint density at radius 2 is 2.08 bits per heavy atom. The fraction of sp³-hybridized carbons (Fsp3) is 0.235. The summed E-state index contributed by atoms with van der Waals surface area (Å²) < 4.78 is 29.5. The van der Waals surface area contributed by atoms with E-state index in [4.69, 9.17) is 4.42 Å². The maximum Gasteiger partial charge on any atom is 0.248 e. The molecule has 1 aromatic carbocycles. The zero-order valence-corrected chi connectivity index (χ0v) is 15.9. The van der Waals surface area contributed by atoms with Gasteiger partial charge in [0.1, 0.15) is 11.5 Å². The first kappa shape index (κ1) is 19.3. The second-order valence-corrected chi connectivity index (χ2v) is 8.35. The molecular weight excluding hydrogens is 360 g/mol. The van der Waals surface area contributed by atoms with Crippen LogP contribution < -0.4 is 5.32 Å². The summed E-state index contributed by atoms with van der Waals surface area (Å²) in [6, 6.07) is 10.9. The Hall–Kier alpha value is -2.03. The first-order valence-corrected chi connectivity index (χ1v) is 10.5. The van der Waals surface area contributed by atoms with Crippen LogP contribution in [0.2, 0.25) is 0 Å². The Morgan fingerprint density at radius 3 is 2.76 bits per heavy atom. The van der Waals surface area contributed by atoms with Crippen molar-refractivity contribution in [2.45, 2.75) is 11.4 Å². The number of nitrogens with one attached hydrogen (secondary N) is 1. The Kier molecular flexibility index (Phi) is 6.46. The van der Waals surface area contributed by atoms with Crippen LogP contribution in [0, 0.1) is 0 Å². The van der Waals surface area contributed by atoms with Crippen LogP contribution in [-0.2, 0) is 21.4 Å². The van der Waals surface area contributed by atoms with E-state index in [1.807, 2.05) is 30.5 Å². The van der Waals surface area contributed by atoms with Crippen molar-refractivity contribution < 1.29 is 17.6 Å². The average Bonchev–Trinajstić information content (AvgIpc) is 3.00. The van der Waals surface area contributed by atoms with Gasteiger partial charge < -0.3 is 9.73 Å². The number of amides is 1. The van der Waals surface area contributed by atoms with Gasteiger partial charge in [0.2, 0.25) is 15.9 Å². The van der Waals surface area contributed by atoms with Crippen LogP contribution in [-0.4, -0.2) is 38.2 Å². The molecule has 2 aromatic rings. The predicted octanol–water partition coefficient (Wildman–Crippen LogP) is 3.04. The van der Waals surface area contributed by atoms with Crippen LogP contribution in [0.4, 0.5) is 5.69 Å². The van der Waals surface area contributed by atoms with Gasteiger partial charge in [-0.2, -0.15) is 4.31 Å². The summed E-state index contributed by atoms with van der Waals surface area (Å²) in [5.74, 6) is 0.704. The van der Waals surface area contributed by atoms with E-state index < -0.39 is 10.0 Å². The molecule has 0 atom stereocenters. The summed E-state index contributed by atoms with van der Waals surface area (Å²) in [6.07, 6.45) is 6.01. The molecule has 25 heavy (non-hydrogen) atoms. The van der Waals surface area contributed by atoms with Crippen molar-refractivity contribution in [3.05, 3.63) is 54.0 Å². The Balaban J connectivity index is 1.96. The molecule has 0 radical (unpaired) electrons. The number of carbonyl (C=O) groups is 1. The normalized spacial score (nSPS) is 12.0. The smallest absolute Gasteiger partial charge is 0.248 e. The lowest BCUT2D eigenvalue weighted by molar-refractivity contribution is -0.111. The summed E-state index contributed by atoms with van der Waals surface area (Å²) in [5, 5.41) is 2.78. The third-order valence-electron chi connectivity index (χ3n) is 3.36. The number of benzene rings is 1. The molecule has 0 saturated carbocycles. The van der Waals surface area contributed by atoms with Crippen molar-refractivity contribution >= 4 is 39.5 Å². The summed E-state index contributed by atoms with van der Waals surface area (Å²) in [7, 11) is -1.79. The van der Waals surface area contributed by atoms with E-state index in [-0.39, 0.29) is 12.5 Å². The summed E-state index contributed by atoms with van der Waals surface area (Å²) >= 11 is 1.60. The maximum absolute atomic E-state index is 12.0. The van der Waals surface area contributed by atoms with Gasteiger partial charge >= 0.3 is 0 Å². The number of furan rings is 1. The second kappa shape index (κ2) is 8.37. The molecule has 0 unspecified atom stereocenters. The van der Waals surface area contributed by atoms with E-state index >= 15 is 0 Å². The molecule has 8 heteroatoms. The highest BCUT2D eigenvalue weighted by atomic mass is 32.2. The average molecular weight is 380 g/mol. The van der Waals surface area contributed by atoms with Crippen molar-refractivity contribution in [1.82, 2.24) is 4.31 Å². The SMILES string of the molecule is CSc1cccc(NC(=O)/C=C/c2ccc(CN(C)S(C)(=O)=O)o2)c1. The van der Waals surface area contributed by atoms with Crippen LogP contribution in [0.5, 0.6) is 0 Å².